The summed E-state index contributed by atoms with van der Waals surface area (Å²) in [7, 11) is 4.00. The molecule has 1 saturated heterocycles. The summed E-state index contributed by atoms with van der Waals surface area (Å²) in [5.74, 6) is 0.579. The maximum absolute atomic E-state index is 12.3. The van der Waals surface area contributed by atoms with Gasteiger partial charge >= 0.3 is 0 Å². The van der Waals surface area contributed by atoms with Crippen LogP contribution in [0.2, 0.25) is 0 Å². The van der Waals surface area contributed by atoms with Crippen LogP contribution in [0, 0.1) is 5.92 Å². The Hall–Kier alpha value is -2.08. The molecule has 1 aromatic rings. The average Bonchev–Trinajstić information content (AvgIpc) is 2.62. The molecule has 6 nitrogen and oxygen atoms in total. The Morgan fingerprint density at radius 3 is 2.30 bits per heavy atom. The van der Waals surface area contributed by atoms with Crippen LogP contribution in [0.15, 0.2) is 24.3 Å². The number of hydrogen-bond acceptors (Lipinski definition) is 4. The number of amides is 2. The highest BCUT2D eigenvalue weighted by molar-refractivity contribution is 5.94. The Kier molecular flexibility index (Phi) is 8.10. The minimum Gasteiger partial charge on any atom is -0.372 e. The molecule has 2 amide bonds. The van der Waals surface area contributed by atoms with Crippen LogP contribution in [0.25, 0.3) is 0 Å². The van der Waals surface area contributed by atoms with Crippen LogP contribution in [0.1, 0.15) is 33.1 Å². The van der Waals surface area contributed by atoms with Gasteiger partial charge in [-0.05, 0) is 70.1 Å². The lowest BCUT2D eigenvalue weighted by molar-refractivity contribution is -0.132. The van der Waals surface area contributed by atoms with Gasteiger partial charge in [-0.15, -0.1) is 0 Å². The number of nitrogens with one attached hydrogen (secondary N) is 1. The lowest BCUT2D eigenvalue weighted by Crippen LogP contribution is -2.38. The number of nitrogens with zero attached hydrogens (tertiary/aromatic N) is 3. The number of anilines is 2. The molecule has 0 radical (unpaired) electrons. The van der Waals surface area contributed by atoms with Gasteiger partial charge in [0.15, 0.2) is 0 Å². The summed E-state index contributed by atoms with van der Waals surface area (Å²) >= 11 is 0. The summed E-state index contributed by atoms with van der Waals surface area (Å²) in [6.45, 7) is 7.57. The van der Waals surface area contributed by atoms with Crippen molar-refractivity contribution < 1.29 is 9.59 Å². The third-order valence-corrected chi connectivity index (χ3v) is 5.11. The molecule has 27 heavy (non-hydrogen) atoms. The van der Waals surface area contributed by atoms with E-state index >= 15 is 0 Å². The summed E-state index contributed by atoms with van der Waals surface area (Å²) < 4.78 is 0. The van der Waals surface area contributed by atoms with Crippen molar-refractivity contribution in [3.05, 3.63) is 24.3 Å². The van der Waals surface area contributed by atoms with E-state index in [0.29, 0.717) is 6.54 Å². The second-order valence-electron chi connectivity index (χ2n) is 7.86. The van der Waals surface area contributed by atoms with E-state index in [1.54, 1.807) is 4.90 Å². The second-order valence-corrected chi connectivity index (χ2v) is 7.86. The van der Waals surface area contributed by atoms with Crippen molar-refractivity contribution in [3.63, 3.8) is 0 Å². The fourth-order valence-corrected chi connectivity index (χ4v) is 3.32. The maximum Gasteiger partial charge on any atom is 0.243 e. The number of hydrogen-bond donors (Lipinski definition) is 1. The van der Waals surface area contributed by atoms with E-state index in [9.17, 15) is 9.59 Å². The Morgan fingerprint density at radius 1 is 1.11 bits per heavy atom. The molecule has 1 aromatic carbocycles. The van der Waals surface area contributed by atoms with Crippen molar-refractivity contribution >= 4 is 23.2 Å². The molecule has 6 heteroatoms. The van der Waals surface area contributed by atoms with Crippen LogP contribution in [0.4, 0.5) is 11.4 Å². The highest BCUT2D eigenvalue weighted by Crippen LogP contribution is 2.24. The predicted octanol–water partition coefficient (Wildman–Crippen LogP) is 2.66. The zero-order valence-corrected chi connectivity index (χ0v) is 17.2. The van der Waals surface area contributed by atoms with Gasteiger partial charge in [0.2, 0.25) is 11.8 Å². The lowest BCUT2D eigenvalue weighted by atomic mass is 9.99. The van der Waals surface area contributed by atoms with Crippen LogP contribution >= 0.6 is 0 Å². The largest absolute Gasteiger partial charge is 0.372 e. The molecular formula is C21H34N4O2. The van der Waals surface area contributed by atoms with E-state index in [-0.39, 0.29) is 18.4 Å². The fraction of sp³-hybridized carbons (Fsp3) is 0.619. The van der Waals surface area contributed by atoms with E-state index in [0.717, 1.165) is 37.7 Å². The van der Waals surface area contributed by atoms with Gasteiger partial charge in [-0.25, -0.2) is 0 Å². The molecule has 1 aliphatic rings. The molecule has 0 atom stereocenters. The van der Waals surface area contributed by atoms with Crippen molar-refractivity contribution in [1.29, 1.82) is 0 Å². The molecule has 150 valence electrons. The Balaban J connectivity index is 1.84. The number of piperidine rings is 1. The Morgan fingerprint density at radius 2 is 1.74 bits per heavy atom. The molecule has 0 saturated carbocycles. The van der Waals surface area contributed by atoms with Crippen LogP contribution in [-0.2, 0) is 9.59 Å². The first kappa shape index (κ1) is 21.2. The monoisotopic (exact) mass is 374 g/mol. The molecule has 0 aliphatic carbocycles. The van der Waals surface area contributed by atoms with Gasteiger partial charge in [0.25, 0.3) is 0 Å². The molecule has 1 heterocycles. The summed E-state index contributed by atoms with van der Waals surface area (Å²) in [6.07, 6.45) is 3.31. The Bertz CT molecular complexity index is 607. The second kappa shape index (κ2) is 10.3. The highest BCUT2D eigenvalue weighted by atomic mass is 16.2. The normalized spacial score (nSPS) is 15.1. The molecule has 0 spiro atoms. The van der Waals surface area contributed by atoms with E-state index in [2.05, 4.69) is 34.2 Å². The predicted molar refractivity (Wildman–Crippen MR) is 111 cm³/mol. The van der Waals surface area contributed by atoms with Crippen LogP contribution in [-0.4, -0.2) is 68.4 Å². The van der Waals surface area contributed by atoms with Crippen molar-refractivity contribution in [2.24, 2.45) is 5.92 Å². The first-order valence-corrected chi connectivity index (χ1v) is 9.90. The third-order valence-electron chi connectivity index (χ3n) is 5.11. The summed E-state index contributed by atoms with van der Waals surface area (Å²) in [4.78, 5) is 30.2. The van der Waals surface area contributed by atoms with E-state index in [1.807, 2.05) is 26.2 Å². The highest BCUT2D eigenvalue weighted by Gasteiger charge is 2.16. The quantitative estimate of drug-likeness (QED) is 0.760. The van der Waals surface area contributed by atoms with Gasteiger partial charge in [-0.3, -0.25) is 9.59 Å². The summed E-state index contributed by atoms with van der Waals surface area (Å²) in [5, 5.41) is 2.90. The van der Waals surface area contributed by atoms with E-state index in [4.69, 9.17) is 0 Å². The van der Waals surface area contributed by atoms with Gasteiger partial charge in [-0.2, -0.15) is 0 Å². The smallest absolute Gasteiger partial charge is 0.243 e. The third kappa shape index (κ3) is 7.21. The van der Waals surface area contributed by atoms with Crippen molar-refractivity contribution in [2.45, 2.75) is 33.1 Å². The molecule has 1 N–H and O–H groups in total. The number of carbonyl (C=O) groups is 2. The zero-order valence-electron chi connectivity index (χ0n) is 17.2. The van der Waals surface area contributed by atoms with Gasteiger partial charge in [0.1, 0.15) is 0 Å². The zero-order chi connectivity index (χ0) is 19.8. The first-order valence-electron chi connectivity index (χ1n) is 9.90. The van der Waals surface area contributed by atoms with Crippen molar-refractivity contribution in [2.75, 3.05) is 57.0 Å². The van der Waals surface area contributed by atoms with Gasteiger partial charge in [0, 0.05) is 37.9 Å². The molecule has 0 unspecified atom stereocenters. The minimum absolute atomic E-state index is 0.0708. The lowest BCUT2D eigenvalue weighted by Gasteiger charge is -2.32. The average molecular weight is 375 g/mol. The minimum atomic E-state index is -0.158. The van der Waals surface area contributed by atoms with Crippen molar-refractivity contribution in [3.8, 4) is 0 Å². The van der Waals surface area contributed by atoms with Crippen LogP contribution in [0.3, 0.4) is 0 Å². The van der Waals surface area contributed by atoms with Crippen LogP contribution < -0.4 is 10.2 Å². The summed E-state index contributed by atoms with van der Waals surface area (Å²) in [5.41, 5.74) is 1.97. The number of rotatable bonds is 8. The topological polar surface area (TPSA) is 55.9 Å². The molecule has 0 aromatic heterocycles. The molecule has 0 bridgehead atoms. The molecule has 1 aliphatic heterocycles. The van der Waals surface area contributed by atoms with E-state index < -0.39 is 0 Å². The first-order chi connectivity index (χ1) is 12.8. The van der Waals surface area contributed by atoms with Gasteiger partial charge in [-0.1, -0.05) is 6.92 Å². The molecule has 1 fully saturated rings. The SMILES string of the molecule is CC(=O)N(CCCN(C)C)CC(=O)Nc1ccc(N2CCC(C)CC2)cc1. The van der Waals surface area contributed by atoms with Gasteiger partial charge < -0.3 is 20.0 Å². The molecule has 2 rings (SSSR count). The van der Waals surface area contributed by atoms with Gasteiger partial charge in [0.05, 0.1) is 6.54 Å². The number of benzene rings is 1. The van der Waals surface area contributed by atoms with E-state index in [1.165, 1.54) is 25.5 Å². The van der Waals surface area contributed by atoms with Crippen LogP contribution in [0.5, 0.6) is 0 Å². The number of carbonyl (C=O) groups excluding carboxylic acids is 2. The maximum atomic E-state index is 12.3. The fourth-order valence-electron chi connectivity index (χ4n) is 3.32. The molecular weight excluding hydrogens is 340 g/mol. The Labute approximate surface area is 163 Å². The summed E-state index contributed by atoms with van der Waals surface area (Å²) in [6, 6.07) is 8.00. The van der Waals surface area contributed by atoms with Crippen molar-refractivity contribution in [1.82, 2.24) is 9.80 Å². The standard InChI is InChI=1S/C21H34N4O2/c1-17-10-14-24(15-11-17)20-8-6-19(7-9-20)22-21(27)16-25(18(2)26)13-5-12-23(3)4/h6-9,17H,5,10-16H2,1-4H3,(H,22,27).